The molecular weight excluding hydrogens is 220 g/mol. The molecule has 17 heavy (non-hydrogen) atoms. The molecule has 0 aliphatic carbocycles. The molecule has 92 valence electrons. The zero-order valence-corrected chi connectivity index (χ0v) is 9.80. The molecule has 1 fully saturated rings. The summed E-state index contributed by atoms with van der Waals surface area (Å²) in [5.41, 5.74) is 5.65. The van der Waals surface area contributed by atoms with Crippen LogP contribution in [0.1, 0.15) is 26.2 Å². The lowest BCUT2D eigenvalue weighted by Gasteiger charge is -2.33. The molecule has 1 aromatic heterocycles. The van der Waals surface area contributed by atoms with Gasteiger partial charge in [0.05, 0.1) is 4.92 Å². The Balaban J connectivity index is 2.41. The summed E-state index contributed by atoms with van der Waals surface area (Å²) in [6.45, 7) is 2.87. The van der Waals surface area contributed by atoms with Crippen molar-refractivity contribution in [1.82, 2.24) is 4.98 Å². The number of anilines is 2. The maximum Gasteiger partial charge on any atom is 0.311 e. The van der Waals surface area contributed by atoms with Crippen LogP contribution in [-0.2, 0) is 0 Å². The Morgan fingerprint density at radius 2 is 2.29 bits per heavy atom. The van der Waals surface area contributed by atoms with E-state index in [-0.39, 0.29) is 11.7 Å². The maximum atomic E-state index is 11.0. The molecule has 1 saturated heterocycles. The number of hydrogen-bond acceptors (Lipinski definition) is 5. The first-order valence-corrected chi connectivity index (χ1v) is 5.77. The van der Waals surface area contributed by atoms with E-state index in [1.54, 1.807) is 0 Å². The summed E-state index contributed by atoms with van der Waals surface area (Å²) in [5, 5.41) is 11.0. The topological polar surface area (TPSA) is 85.3 Å². The predicted molar refractivity (Wildman–Crippen MR) is 66.0 cm³/mol. The third-order valence-electron chi connectivity index (χ3n) is 3.15. The number of hydrogen-bond donors (Lipinski definition) is 1. The van der Waals surface area contributed by atoms with E-state index in [0.717, 1.165) is 25.8 Å². The van der Waals surface area contributed by atoms with Gasteiger partial charge in [0, 0.05) is 18.7 Å². The minimum Gasteiger partial charge on any atom is -0.384 e. The van der Waals surface area contributed by atoms with Gasteiger partial charge in [-0.25, -0.2) is 4.98 Å². The summed E-state index contributed by atoms with van der Waals surface area (Å²) in [6, 6.07) is 3.17. The molecule has 2 heterocycles. The van der Waals surface area contributed by atoms with E-state index < -0.39 is 4.92 Å². The van der Waals surface area contributed by atoms with Crippen molar-refractivity contribution in [2.45, 2.75) is 32.2 Å². The van der Waals surface area contributed by atoms with Gasteiger partial charge in [0.15, 0.2) is 0 Å². The monoisotopic (exact) mass is 236 g/mol. The fourth-order valence-electron chi connectivity index (χ4n) is 2.22. The van der Waals surface area contributed by atoms with Crippen LogP contribution in [0.5, 0.6) is 0 Å². The standard InChI is InChI=1S/C11H16N4O2/c1-8-4-2-3-7-14(8)11-9(15(16)17)5-6-10(12)13-11/h5-6,8H,2-4,7H2,1H3,(H2,12,13). The van der Waals surface area contributed by atoms with Crippen molar-refractivity contribution in [3.8, 4) is 0 Å². The highest BCUT2D eigenvalue weighted by Gasteiger charge is 2.26. The Hall–Kier alpha value is -1.85. The minimum atomic E-state index is -0.400. The van der Waals surface area contributed by atoms with Crippen molar-refractivity contribution in [2.75, 3.05) is 17.2 Å². The number of nitrogens with zero attached hydrogens (tertiary/aromatic N) is 3. The number of pyridine rings is 1. The van der Waals surface area contributed by atoms with Gasteiger partial charge >= 0.3 is 5.69 Å². The first kappa shape index (κ1) is 11.6. The highest BCUT2D eigenvalue weighted by molar-refractivity contribution is 5.61. The molecule has 2 rings (SSSR count). The van der Waals surface area contributed by atoms with Crippen LogP contribution in [0, 0.1) is 10.1 Å². The molecule has 0 saturated carbocycles. The van der Waals surface area contributed by atoms with Crippen LogP contribution in [0.15, 0.2) is 12.1 Å². The largest absolute Gasteiger partial charge is 0.384 e. The fraction of sp³-hybridized carbons (Fsp3) is 0.545. The van der Waals surface area contributed by atoms with E-state index in [1.807, 2.05) is 4.90 Å². The van der Waals surface area contributed by atoms with E-state index in [2.05, 4.69) is 11.9 Å². The van der Waals surface area contributed by atoms with Gasteiger partial charge < -0.3 is 10.6 Å². The number of aromatic nitrogens is 1. The zero-order chi connectivity index (χ0) is 12.4. The first-order chi connectivity index (χ1) is 8.09. The van der Waals surface area contributed by atoms with Gasteiger partial charge in [-0.1, -0.05) is 0 Å². The summed E-state index contributed by atoms with van der Waals surface area (Å²) < 4.78 is 0. The van der Waals surface area contributed by atoms with E-state index in [4.69, 9.17) is 5.73 Å². The Bertz CT molecular complexity index is 435. The van der Waals surface area contributed by atoms with E-state index in [0.29, 0.717) is 11.6 Å². The Morgan fingerprint density at radius 3 is 2.94 bits per heavy atom. The lowest BCUT2D eigenvalue weighted by molar-refractivity contribution is -0.384. The second kappa shape index (κ2) is 4.57. The average Bonchev–Trinajstić information content (AvgIpc) is 2.29. The second-order valence-corrected chi connectivity index (χ2v) is 4.37. The van der Waals surface area contributed by atoms with Crippen molar-refractivity contribution in [2.24, 2.45) is 0 Å². The molecule has 1 atom stereocenters. The third kappa shape index (κ3) is 2.30. The molecule has 0 radical (unpaired) electrons. The van der Waals surface area contributed by atoms with Gasteiger partial charge in [0.25, 0.3) is 0 Å². The Kier molecular flexibility index (Phi) is 3.12. The lowest BCUT2D eigenvalue weighted by Crippen LogP contribution is -2.38. The molecule has 2 N–H and O–H groups in total. The number of nitrogen functional groups attached to an aromatic ring is 1. The Labute approximate surface area is 99.6 Å². The molecule has 1 aromatic rings. The van der Waals surface area contributed by atoms with Gasteiger partial charge in [-0.3, -0.25) is 10.1 Å². The summed E-state index contributed by atoms with van der Waals surface area (Å²) in [5.74, 6) is 0.727. The van der Waals surface area contributed by atoms with Gasteiger partial charge in [0.1, 0.15) is 5.82 Å². The summed E-state index contributed by atoms with van der Waals surface area (Å²) in [4.78, 5) is 16.7. The van der Waals surface area contributed by atoms with Crippen molar-refractivity contribution in [3.05, 3.63) is 22.2 Å². The quantitative estimate of drug-likeness (QED) is 0.626. The molecule has 1 aliphatic heterocycles. The molecule has 0 bridgehead atoms. The number of piperidine rings is 1. The van der Waals surface area contributed by atoms with Crippen LogP contribution in [0.3, 0.4) is 0 Å². The molecule has 0 spiro atoms. The molecule has 1 aliphatic rings. The molecule has 0 amide bonds. The van der Waals surface area contributed by atoms with Gasteiger partial charge in [-0.15, -0.1) is 0 Å². The van der Waals surface area contributed by atoms with Crippen LogP contribution in [0.2, 0.25) is 0 Å². The van der Waals surface area contributed by atoms with Crippen LogP contribution in [-0.4, -0.2) is 22.5 Å². The van der Waals surface area contributed by atoms with E-state index >= 15 is 0 Å². The first-order valence-electron chi connectivity index (χ1n) is 5.77. The summed E-state index contributed by atoms with van der Waals surface area (Å²) in [6.07, 6.45) is 3.24. The SMILES string of the molecule is CC1CCCCN1c1nc(N)ccc1[N+](=O)[O-]. The molecule has 6 heteroatoms. The smallest absolute Gasteiger partial charge is 0.311 e. The number of rotatable bonds is 2. The number of nitrogens with two attached hydrogens (primary N) is 1. The molecular formula is C11H16N4O2. The zero-order valence-electron chi connectivity index (χ0n) is 9.80. The van der Waals surface area contributed by atoms with Gasteiger partial charge in [0.2, 0.25) is 5.82 Å². The molecule has 0 aromatic carbocycles. The highest BCUT2D eigenvalue weighted by Crippen LogP contribution is 2.31. The summed E-state index contributed by atoms with van der Waals surface area (Å²) >= 11 is 0. The van der Waals surface area contributed by atoms with Crippen LogP contribution in [0.25, 0.3) is 0 Å². The molecule has 1 unspecified atom stereocenters. The average molecular weight is 236 g/mol. The maximum absolute atomic E-state index is 11.0. The normalized spacial score (nSPS) is 20.3. The summed E-state index contributed by atoms with van der Waals surface area (Å²) in [7, 11) is 0. The van der Waals surface area contributed by atoms with Crippen molar-refractivity contribution in [3.63, 3.8) is 0 Å². The second-order valence-electron chi connectivity index (χ2n) is 4.37. The Morgan fingerprint density at radius 1 is 1.53 bits per heavy atom. The highest BCUT2D eigenvalue weighted by atomic mass is 16.6. The van der Waals surface area contributed by atoms with Crippen molar-refractivity contribution in [1.29, 1.82) is 0 Å². The van der Waals surface area contributed by atoms with Crippen LogP contribution < -0.4 is 10.6 Å². The lowest BCUT2D eigenvalue weighted by atomic mass is 10.0. The molecule has 6 nitrogen and oxygen atoms in total. The predicted octanol–water partition coefficient (Wildman–Crippen LogP) is 1.95. The minimum absolute atomic E-state index is 0.0351. The number of nitro groups is 1. The third-order valence-corrected chi connectivity index (χ3v) is 3.15. The van der Waals surface area contributed by atoms with E-state index in [1.165, 1.54) is 12.1 Å². The van der Waals surface area contributed by atoms with Crippen molar-refractivity contribution >= 4 is 17.3 Å². The van der Waals surface area contributed by atoms with Gasteiger partial charge in [-0.2, -0.15) is 0 Å². The van der Waals surface area contributed by atoms with Crippen molar-refractivity contribution < 1.29 is 4.92 Å². The van der Waals surface area contributed by atoms with Gasteiger partial charge in [-0.05, 0) is 32.3 Å². The van der Waals surface area contributed by atoms with Crippen LogP contribution >= 0.6 is 0 Å². The van der Waals surface area contributed by atoms with E-state index in [9.17, 15) is 10.1 Å². The van der Waals surface area contributed by atoms with Crippen LogP contribution in [0.4, 0.5) is 17.3 Å². The fourth-order valence-corrected chi connectivity index (χ4v) is 2.22.